The Bertz CT molecular complexity index is 771. The summed E-state index contributed by atoms with van der Waals surface area (Å²) in [6.07, 6.45) is 4.98. The van der Waals surface area contributed by atoms with E-state index >= 15 is 0 Å². The molecule has 0 unspecified atom stereocenters. The van der Waals surface area contributed by atoms with Crippen LogP contribution in [-0.2, 0) is 4.79 Å². The van der Waals surface area contributed by atoms with Crippen molar-refractivity contribution in [3.05, 3.63) is 54.1 Å². The third-order valence-electron chi connectivity index (χ3n) is 4.22. The molecule has 1 fully saturated rings. The highest BCUT2D eigenvalue weighted by atomic mass is 32.2. The summed E-state index contributed by atoms with van der Waals surface area (Å²) < 4.78 is 5.93. The summed E-state index contributed by atoms with van der Waals surface area (Å²) in [5.74, 6) is 0.328. The Morgan fingerprint density at radius 2 is 1.77 bits per heavy atom. The van der Waals surface area contributed by atoms with Gasteiger partial charge in [0.05, 0.1) is 17.4 Å². The van der Waals surface area contributed by atoms with E-state index in [4.69, 9.17) is 10.5 Å². The standard InChI is InChI=1S/C20H22N2O3S/c21-19(23)13-26-18-8-4-3-7-17(18)20(24)22-14-9-11-16(12-10-14)25-15-5-1-2-6-15/h3-4,7-12,15H,1-2,5-6,13H2,(H2,21,23)(H,22,24). The third-order valence-corrected chi connectivity index (χ3v) is 5.31. The zero-order valence-electron chi connectivity index (χ0n) is 14.4. The number of carbonyl (C=O) groups is 2. The minimum atomic E-state index is -0.414. The molecule has 0 saturated heterocycles. The number of nitrogens with one attached hydrogen (secondary N) is 1. The number of hydrogen-bond acceptors (Lipinski definition) is 4. The normalized spacial score (nSPS) is 14.2. The molecular weight excluding hydrogens is 348 g/mol. The average molecular weight is 370 g/mol. The van der Waals surface area contributed by atoms with Crippen LogP contribution >= 0.6 is 11.8 Å². The Morgan fingerprint density at radius 1 is 1.08 bits per heavy atom. The summed E-state index contributed by atoms with van der Waals surface area (Å²) in [5.41, 5.74) is 6.41. The van der Waals surface area contributed by atoms with Crippen molar-refractivity contribution in [2.24, 2.45) is 5.73 Å². The molecular formula is C20H22N2O3S. The molecule has 26 heavy (non-hydrogen) atoms. The van der Waals surface area contributed by atoms with Crippen LogP contribution in [0, 0.1) is 0 Å². The average Bonchev–Trinajstić information content (AvgIpc) is 3.15. The van der Waals surface area contributed by atoms with Gasteiger partial charge in [0.25, 0.3) is 5.91 Å². The summed E-state index contributed by atoms with van der Waals surface area (Å²) in [7, 11) is 0. The molecule has 1 saturated carbocycles. The Labute approximate surface area is 157 Å². The molecule has 6 heteroatoms. The van der Waals surface area contributed by atoms with Gasteiger partial charge in [0.1, 0.15) is 5.75 Å². The predicted octanol–water partition coefficient (Wildman–Crippen LogP) is 3.84. The summed E-state index contributed by atoms with van der Waals surface area (Å²) >= 11 is 1.26. The first kappa shape index (κ1) is 18.3. The number of hydrogen-bond donors (Lipinski definition) is 2. The minimum Gasteiger partial charge on any atom is -0.490 e. The van der Waals surface area contributed by atoms with Crippen molar-refractivity contribution < 1.29 is 14.3 Å². The van der Waals surface area contributed by atoms with E-state index < -0.39 is 5.91 Å². The zero-order valence-corrected chi connectivity index (χ0v) is 15.3. The fraction of sp³-hybridized carbons (Fsp3) is 0.300. The van der Waals surface area contributed by atoms with Crippen molar-refractivity contribution in [3.63, 3.8) is 0 Å². The lowest BCUT2D eigenvalue weighted by molar-refractivity contribution is -0.115. The Morgan fingerprint density at radius 3 is 2.46 bits per heavy atom. The molecule has 0 heterocycles. The first-order valence-corrected chi connectivity index (χ1v) is 9.68. The molecule has 3 rings (SSSR count). The van der Waals surface area contributed by atoms with Gasteiger partial charge in [0.15, 0.2) is 0 Å². The quantitative estimate of drug-likeness (QED) is 0.726. The van der Waals surface area contributed by atoms with Gasteiger partial charge in [0.2, 0.25) is 5.91 Å². The van der Waals surface area contributed by atoms with Crippen LogP contribution in [0.4, 0.5) is 5.69 Å². The second-order valence-electron chi connectivity index (χ2n) is 6.25. The summed E-state index contributed by atoms with van der Waals surface area (Å²) in [4.78, 5) is 24.3. The van der Waals surface area contributed by atoms with Gasteiger partial charge in [-0.2, -0.15) is 0 Å². The van der Waals surface area contributed by atoms with Crippen LogP contribution in [0.5, 0.6) is 5.75 Å². The maximum atomic E-state index is 12.6. The van der Waals surface area contributed by atoms with Crippen molar-refractivity contribution >= 4 is 29.3 Å². The molecule has 3 N–H and O–H groups in total. The molecule has 0 atom stereocenters. The first-order valence-electron chi connectivity index (χ1n) is 8.70. The number of ether oxygens (including phenoxy) is 1. The number of anilines is 1. The zero-order chi connectivity index (χ0) is 18.4. The molecule has 0 spiro atoms. The first-order chi connectivity index (χ1) is 12.6. The molecule has 2 amide bonds. The van der Waals surface area contributed by atoms with E-state index in [9.17, 15) is 9.59 Å². The van der Waals surface area contributed by atoms with Gasteiger partial charge in [-0.05, 0) is 62.1 Å². The van der Waals surface area contributed by atoms with Crippen LogP contribution in [0.1, 0.15) is 36.0 Å². The topological polar surface area (TPSA) is 81.4 Å². The summed E-state index contributed by atoms with van der Waals surface area (Å²) in [6, 6.07) is 14.6. The fourth-order valence-corrected chi connectivity index (χ4v) is 3.73. The molecule has 0 bridgehead atoms. The number of benzene rings is 2. The molecule has 5 nitrogen and oxygen atoms in total. The van der Waals surface area contributed by atoms with E-state index in [1.807, 2.05) is 30.3 Å². The summed E-state index contributed by atoms with van der Waals surface area (Å²) in [6.45, 7) is 0. The molecule has 1 aliphatic carbocycles. The molecule has 0 aliphatic heterocycles. The Hall–Kier alpha value is -2.47. The highest BCUT2D eigenvalue weighted by Gasteiger charge is 2.16. The fourth-order valence-electron chi connectivity index (χ4n) is 2.94. The van der Waals surface area contributed by atoms with Crippen molar-refractivity contribution in [1.29, 1.82) is 0 Å². The maximum Gasteiger partial charge on any atom is 0.256 e. The summed E-state index contributed by atoms with van der Waals surface area (Å²) in [5, 5.41) is 2.88. The van der Waals surface area contributed by atoms with Gasteiger partial charge in [0, 0.05) is 10.6 Å². The second kappa shape index (κ2) is 8.76. The molecule has 2 aromatic carbocycles. The monoisotopic (exact) mass is 370 g/mol. The van der Waals surface area contributed by atoms with Crippen LogP contribution in [0.3, 0.4) is 0 Å². The number of amides is 2. The van der Waals surface area contributed by atoms with E-state index in [-0.39, 0.29) is 11.7 Å². The van der Waals surface area contributed by atoms with Crippen LogP contribution in [0.15, 0.2) is 53.4 Å². The highest BCUT2D eigenvalue weighted by Crippen LogP contribution is 2.26. The molecule has 136 valence electrons. The minimum absolute atomic E-state index is 0.136. The Balaban J connectivity index is 1.63. The van der Waals surface area contributed by atoms with Crippen LogP contribution < -0.4 is 15.8 Å². The number of nitrogens with two attached hydrogens (primary N) is 1. The van der Waals surface area contributed by atoms with Crippen LogP contribution in [0.25, 0.3) is 0 Å². The molecule has 2 aromatic rings. The second-order valence-corrected chi connectivity index (χ2v) is 7.27. The van der Waals surface area contributed by atoms with Gasteiger partial charge in [-0.15, -0.1) is 11.8 Å². The predicted molar refractivity (Wildman–Crippen MR) is 104 cm³/mol. The van der Waals surface area contributed by atoms with Gasteiger partial charge in [-0.25, -0.2) is 0 Å². The van der Waals surface area contributed by atoms with Gasteiger partial charge < -0.3 is 15.8 Å². The maximum absolute atomic E-state index is 12.6. The van der Waals surface area contributed by atoms with Crippen molar-refractivity contribution in [2.75, 3.05) is 11.1 Å². The lowest BCUT2D eigenvalue weighted by Crippen LogP contribution is -2.15. The molecule has 0 aromatic heterocycles. The van der Waals surface area contributed by atoms with Crippen LogP contribution in [-0.4, -0.2) is 23.7 Å². The smallest absolute Gasteiger partial charge is 0.256 e. The molecule has 1 aliphatic rings. The van der Waals surface area contributed by atoms with Crippen molar-refractivity contribution in [2.45, 2.75) is 36.7 Å². The largest absolute Gasteiger partial charge is 0.490 e. The number of carbonyl (C=O) groups excluding carboxylic acids is 2. The molecule has 0 radical (unpaired) electrons. The van der Waals surface area contributed by atoms with Crippen molar-refractivity contribution in [1.82, 2.24) is 0 Å². The van der Waals surface area contributed by atoms with Gasteiger partial charge >= 0.3 is 0 Å². The number of thioether (sulfide) groups is 1. The van der Waals surface area contributed by atoms with Gasteiger partial charge in [-0.3, -0.25) is 9.59 Å². The third kappa shape index (κ3) is 5.02. The van der Waals surface area contributed by atoms with E-state index in [1.54, 1.807) is 18.2 Å². The lowest BCUT2D eigenvalue weighted by atomic mass is 10.2. The number of primary amides is 1. The number of rotatable bonds is 7. The highest BCUT2D eigenvalue weighted by molar-refractivity contribution is 8.00. The van der Waals surface area contributed by atoms with E-state index in [0.717, 1.165) is 23.5 Å². The Kier molecular flexibility index (Phi) is 6.17. The van der Waals surface area contributed by atoms with E-state index in [0.29, 0.717) is 17.4 Å². The van der Waals surface area contributed by atoms with Crippen LogP contribution in [0.2, 0.25) is 0 Å². The van der Waals surface area contributed by atoms with E-state index in [2.05, 4.69) is 5.32 Å². The van der Waals surface area contributed by atoms with Gasteiger partial charge in [-0.1, -0.05) is 12.1 Å². The van der Waals surface area contributed by atoms with Crippen molar-refractivity contribution in [3.8, 4) is 5.75 Å². The lowest BCUT2D eigenvalue weighted by Gasteiger charge is -2.14. The van der Waals surface area contributed by atoms with E-state index in [1.165, 1.54) is 24.6 Å². The SMILES string of the molecule is NC(=O)CSc1ccccc1C(=O)Nc1ccc(OC2CCCC2)cc1.